The summed E-state index contributed by atoms with van der Waals surface area (Å²) in [5.41, 5.74) is 1.24. The molecular weight excluding hydrogens is 279 g/mol. The summed E-state index contributed by atoms with van der Waals surface area (Å²) in [5, 5.41) is 3.14. The number of benzene rings is 2. The maximum absolute atomic E-state index is 13.7. The summed E-state index contributed by atoms with van der Waals surface area (Å²) in [5.74, 6) is -2.01. The zero-order valence-corrected chi connectivity index (χ0v) is 11.6. The zero-order valence-electron chi connectivity index (χ0n) is 11.6. The third-order valence-electron chi connectivity index (χ3n) is 2.97. The van der Waals surface area contributed by atoms with Gasteiger partial charge in [-0.3, -0.25) is 0 Å². The minimum absolute atomic E-state index is 0.104. The topological polar surface area (TPSA) is 21.3 Å². The first kappa shape index (κ1) is 15.4. The Hall–Kier alpha value is -2.01. The second kappa shape index (κ2) is 7.13. The average Bonchev–Trinajstić information content (AvgIpc) is 2.46. The zero-order chi connectivity index (χ0) is 15.2. The largest absolute Gasteiger partial charge is 0.486 e. The normalized spacial score (nSPS) is 10.7. The van der Waals surface area contributed by atoms with Gasteiger partial charge >= 0.3 is 0 Å². The molecule has 112 valence electrons. The van der Waals surface area contributed by atoms with Crippen LogP contribution in [0.3, 0.4) is 0 Å². The molecule has 2 aromatic carbocycles. The van der Waals surface area contributed by atoms with Crippen LogP contribution >= 0.6 is 0 Å². The van der Waals surface area contributed by atoms with Gasteiger partial charge in [-0.05, 0) is 36.4 Å². The smallest absolute Gasteiger partial charge is 0.167 e. The van der Waals surface area contributed by atoms with Crippen LogP contribution in [0.4, 0.5) is 13.2 Å². The Morgan fingerprint density at radius 2 is 1.81 bits per heavy atom. The van der Waals surface area contributed by atoms with Crippen LogP contribution in [0.25, 0.3) is 0 Å². The number of hydrogen-bond donors (Lipinski definition) is 1. The number of nitrogens with one attached hydrogen (secondary N) is 1. The van der Waals surface area contributed by atoms with E-state index in [-0.39, 0.29) is 12.4 Å². The van der Waals surface area contributed by atoms with Gasteiger partial charge in [0.05, 0.1) is 0 Å². The SMILES string of the molecule is CCNCc1ccc(F)c(COc2ccc(F)cc2F)c1. The summed E-state index contributed by atoms with van der Waals surface area (Å²) in [7, 11) is 0. The molecule has 0 saturated heterocycles. The lowest BCUT2D eigenvalue weighted by Crippen LogP contribution is -2.12. The molecule has 5 heteroatoms. The molecule has 0 aliphatic rings. The van der Waals surface area contributed by atoms with Gasteiger partial charge in [0.1, 0.15) is 18.2 Å². The summed E-state index contributed by atoms with van der Waals surface area (Å²) >= 11 is 0. The Morgan fingerprint density at radius 3 is 2.52 bits per heavy atom. The summed E-state index contributed by atoms with van der Waals surface area (Å²) in [6.07, 6.45) is 0. The molecule has 0 aliphatic heterocycles. The first-order chi connectivity index (χ1) is 10.1. The van der Waals surface area contributed by atoms with Crippen LogP contribution in [-0.2, 0) is 13.2 Å². The van der Waals surface area contributed by atoms with Crippen molar-refractivity contribution in [2.45, 2.75) is 20.1 Å². The lowest BCUT2D eigenvalue weighted by molar-refractivity contribution is 0.283. The molecule has 0 radical (unpaired) electrons. The Morgan fingerprint density at radius 1 is 1.00 bits per heavy atom. The number of rotatable bonds is 6. The number of ether oxygens (including phenoxy) is 1. The molecule has 0 bridgehead atoms. The lowest BCUT2D eigenvalue weighted by Gasteiger charge is -2.10. The van der Waals surface area contributed by atoms with Crippen molar-refractivity contribution in [2.24, 2.45) is 0 Å². The molecule has 0 atom stereocenters. The van der Waals surface area contributed by atoms with E-state index in [4.69, 9.17) is 4.74 Å². The molecule has 0 heterocycles. The monoisotopic (exact) mass is 295 g/mol. The van der Waals surface area contributed by atoms with Crippen LogP contribution in [0.5, 0.6) is 5.75 Å². The Balaban J connectivity index is 2.08. The van der Waals surface area contributed by atoms with Crippen molar-refractivity contribution in [3.63, 3.8) is 0 Å². The first-order valence-electron chi connectivity index (χ1n) is 6.66. The van der Waals surface area contributed by atoms with Crippen molar-refractivity contribution in [1.29, 1.82) is 0 Å². The van der Waals surface area contributed by atoms with Crippen molar-refractivity contribution in [2.75, 3.05) is 6.54 Å². The summed E-state index contributed by atoms with van der Waals surface area (Å²) in [6.45, 7) is 3.29. The fraction of sp³-hybridized carbons (Fsp3) is 0.250. The van der Waals surface area contributed by atoms with Gasteiger partial charge in [0.2, 0.25) is 0 Å². The van der Waals surface area contributed by atoms with E-state index in [1.807, 2.05) is 6.92 Å². The van der Waals surface area contributed by atoms with Gasteiger partial charge in [0.25, 0.3) is 0 Å². The van der Waals surface area contributed by atoms with E-state index in [2.05, 4.69) is 5.32 Å². The highest BCUT2D eigenvalue weighted by Gasteiger charge is 2.08. The van der Waals surface area contributed by atoms with Crippen molar-refractivity contribution in [3.8, 4) is 5.75 Å². The van der Waals surface area contributed by atoms with Gasteiger partial charge in [-0.25, -0.2) is 13.2 Å². The van der Waals surface area contributed by atoms with E-state index >= 15 is 0 Å². The Kier molecular flexibility index (Phi) is 5.22. The van der Waals surface area contributed by atoms with E-state index in [1.54, 1.807) is 12.1 Å². The summed E-state index contributed by atoms with van der Waals surface area (Å²) in [4.78, 5) is 0. The first-order valence-corrected chi connectivity index (χ1v) is 6.66. The fourth-order valence-electron chi connectivity index (χ4n) is 1.87. The number of hydrogen-bond acceptors (Lipinski definition) is 2. The Labute approximate surface area is 121 Å². The molecule has 0 amide bonds. The standard InChI is InChI=1S/C16H16F3NO/c1-2-20-9-11-3-5-14(18)12(7-11)10-21-16-6-4-13(17)8-15(16)19/h3-8,20H,2,9-10H2,1H3. The van der Waals surface area contributed by atoms with Crippen molar-refractivity contribution >= 4 is 0 Å². The lowest BCUT2D eigenvalue weighted by atomic mass is 10.1. The van der Waals surface area contributed by atoms with E-state index < -0.39 is 17.5 Å². The molecule has 0 fully saturated rings. The Bertz CT molecular complexity index is 616. The minimum Gasteiger partial charge on any atom is -0.486 e. The predicted octanol–water partition coefficient (Wildman–Crippen LogP) is 3.79. The molecular formula is C16H16F3NO. The second-order valence-corrected chi connectivity index (χ2v) is 4.57. The van der Waals surface area contributed by atoms with Gasteiger partial charge in [-0.15, -0.1) is 0 Å². The van der Waals surface area contributed by atoms with Gasteiger partial charge < -0.3 is 10.1 Å². The molecule has 0 aromatic heterocycles. The molecule has 0 unspecified atom stereocenters. The average molecular weight is 295 g/mol. The van der Waals surface area contributed by atoms with Crippen molar-refractivity contribution in [3.05, 3.63) is 65.0 Å². The quantitative estimate of drug-likeness (QED) is 0.875. The molecule has 2 aromatic rings. The van der Waals surface area contributed by atoms with Crippen LogP contribution < -0.4 is 10.1 Å². The van der Waals surface area contributed by atoms with Crippen molar-refractivity contribution < 1.29 is 17.9 Å². The van der Waals surface area contributed by atoms with E-state index in [0.717, 1.165) is 24.2 Å². The van der Waals surface area contributed by atoms with E-state index in [1.165, 1.54) is 12.1 Å². The van der Waals surface area contributed by atoms with Crippen LogP contribution in [0.15, 0.2) is 36.4 Å². The van der Waals surface area contributed by atoms with Crippen LogP contribution in [0.1, 0.15) is 18.1 Å². The molecule has 2 rings (SSSR count). The van der Waals surface area contributed by atoms with Crippen LogP contribution in [0.2, 0.25) is 0 Å². The molecule has 0 saturated carbocycles. The predicted molar refractivity (Wildman–Crippen MR) is 74.5 cm³/mol. The summed E-state index contributed by atoms with van der Waals surface area (Å²) in [6, 6.07) is 7.71. The van der Waals surface area contributed by atoms with E-state index in [9.17, 15) is 13.2 Å². The van der Waals surface area contributed by atoms with Crippen LogP contribution in [-0.4, -0.2) is 6.54 Å². The third kappa shape index (κ3) is 4.23. The van der Waals surface area contributed by atoms with Crippen LogP contribution in [0, 0.1) is 17.5 Å². The fourth-order valence-corrected chi connectivity index (χ4v) is 1.87. The third-order valence-corrected chi connectivity index (χ3v) is 2.97. The molecule has 21 heavy (non-hydrogen) atoms. The molecule has 1 N–H and O–H groups in total. The van der Waals surface area contributed by atoms with Gasteiger partial charge in [-0.1, -0.05) is 13.0 Å². The molecule has 0 spiro atoms. The summed E-state index contributed by atoms with van der Waals surface area (Å²) < 4.78 is 45.1. The highest BCUT2D eigenvalue weighted by atomic mass is 19.1. The van der Waals surface area contributed by atoms with Crippen molar-refractivity contribution in [1.82, 2.24) is 5.32 Å². The minimum atomic E-state index is -0.806. The highest BCUT2D eigenvalue weighted by Crippen LogP contribution is 2.20. The van der Waals surface area contributed by atoms with Gasteiger partial charge in [-0.2, -0.15) is 0 Å². The van der Waals surface area contributed by atoms with Gasteiger partial charge in [0.15, 0.2) is 11.6 Å². The maximum atomic E-state index is 13.7. The van der Waals surface area contributed by atoms with E-state index in [0.29, 0.717) is 12.1 Å². The number of halogens is 3. The van der Waals surface area contributed by atoms with Gasteiger partial charge in [0, 0.05) is 18.2 Å². The maximum Gasteiger partial charge on any atom is 0.167 e. The molecule has 0 aliphatic carbocycles. The highest BCUT2D eigenvalue weighted by molar-refractivity contribution is 5.27. The molecule has 2 nitrogen and oxygen atoms in total. The second-order valence-electron chi connectivity index (χ2n) is 4.57.